The topological polar surface area (TPSA) is 105 Å². The first kappa shape index (κ1) is 24.5. The summed E-state index contributed by atoms with van der Waals surface area (Å²) >= 11 is 0. The van der Waals surface area contributed by atoms with E-state index < -0.39 is 29.7 Å². The van der Waals surface area contributed by atoms with Gasteiger partial charge in [0.05, 0.1) is 0 Å². The largest absolute Gasteiger partial charge is 0.419 e. The molecule has 0 amide bonds. The van der Waals surface area contributed by atoms with Gasteiger partial charge in [-0.3, -0.25) is 0 Å². The molecule has 0 aliphatic rings. The Balaban J connectivity index is 2.63. The second kappa shape index (κ2) is 11.0. The Morgan fingerprint density at radius 1 is 0.606 bits per heavy atom. The van der Waals surface area contributed by atoms with Crippen molar-refractivity contribution in [1.29, 1.82) is 0 Å². The molecule has 168 valence electrons. The van der Waals surface area contributed by atoms with Gasteiger partial charge < -0.3 is 18.9 Å². The molecule has 0 fully saturated rings. The average molecular weight is 452 g/mol. The van der Waals surface area contributed by atoms with Gasteiger partial charge in [0.25, 0.3) is 0 Å². The molecule has 0 saturated carbocycles. The van der Waals surface area contributed by atoms with Crippen molar-refractivity contribution in [2.24, 2.45) is 0 Å². The summed E-state index contributed by atoms with van der Waals surface area (Å²) < 4.78 is 35.0. The van der Waals surface area contributed by atoms with Crippen molar-refractivity contribution in [3.05, 3.63) is 86.8 Å². The number of esters is 4. The second-order valence-corrected chi connectivity index (χ2v) is 5.94. The third kappa shape index (κ3) is 6.34. The summed E-state index contributed by atoms with van der Waals surface area (Å²) in [7, 11) is 0. The molecule has 8 nitrogen and oxygen atoms in total. The van der Waals surface area contributed by atoms with Crippen molar-refractivity contribution in [2.45, 2.75) is 0 Å². The third-order valence-electron chi connectivity index (χ3n) is 3.80. The Morgan fingerprint density at radius 3 is 1.45 bits per heavy atom. The van der Waals surface area contributed by atoms with Crippen LogP contribution in [0.5, 0.6) is 23.0 Å². The summed E-state index contributed by atoms with van der Waals surface area (Å²) in [5.41, 5.74) is 0.00743. The van der Waals surface area contributed by atoms with Crippen LogP contribution < -0.4 is 18.9 Å². The highest BCUT2D eigenvalue weighted by atomic mass is 19.1. The van der Waals surface area contributed by atoms with Crippen LogP contribution in [0.3, 0.4) is 0 Å². The van der Waals surface area contributed by atoms with Crippen LogP contribution >= 0.6 is 0 Å². The number of carbonyl (C=O) groups is 4. The molecule has 0 saturated heterocycles. The van der Waals surface area contributed by atoms with E-state index in [2.05, 4.69) is 26.3 Å². The van der Waals surface area contributed by atoms with Crippen LogP contribution in [0.2, 0.25) is 0 Å². The van der Waals surface area contributed by atoms with Gasteiger partial charge in [-0.2, -0.15) is 0 Å². The lowest BCUT2D eigenvalue weighted by Gasteiger charge is -2.14. The summed E-state index contributed by atoms with van der Waals surface area (Å²) in [5.74, 6) is -5.41. The highest BCUT2D eigenvalue weighted by Crippen LogP contribution is 2.39. The molecule has 9 heteroatoms. The van der Waals surface area contributed by atoms with E-state index >= 15 is 0 Å². The molecule has 0 N–H and O–H groups in total. The van der Waals surface area contributed by atoms with Crippen LogP contribution in [0.4, 0.5) is 4.39 Å². The Kier molecular flexibility index (Phi) is 8.16. The average Bonchev–Trinajstić information content (AvgIpc) is 2.81. The van der Waals surface area contributed by atoms with Gasteiger partial charge in [-0.25, -0.2) is 23.6 Å². The fourth-order valence-electron chi connectivity index (χ4n) is 2.36. The fraction of sp³-hybridized carbons (Fsp3) is 0. The van der Waals surface area contributed by atoms with Gasteiger partial charge in [0.15, 0.2) is 23.0 Å². The van der Waals surface area contributed by atoms with E-state index in [4.69, 9.17) is 18.9 Å². The maximum Gasteiger partial charge on any atom is 0.335 e. The van der Waals surface area contributed by atoms with E-state index in [9.17, 15) is 23.6 Å². The highest BCUT2D eigenvalue weighted by Gasteiger charge is 2.20. The molecule has 0 aromatic heterocycles. The van der Waals surface area contributed by atoms with Crippen molar-refractivity contribution in [3.63, 3.8) is 0 Å². The minimum atomic E-state index is -0.912. The number of hydrogen-bond acceptors (Lipinski definition) is 8. The van der Waals surface area contributed by atoms with Gasteiger partial charge in [0.2, 0.25) is 0 Å². The Labute approximate surface area is 187 Å². The number of hydrogen-bond donors (Lipinski definition) is 0. The van der Waals surface area contributed by atoms with Crippen molar-refractivity contribution < 1.29 is 42.5 Å². The van der Waals surface area contributed by atoms with Gasteiger partial charge >= 0.3 is 23.9 Å². The lowest BCUT2D eigenvalue weighted by atomic mass is 10.0. The standard InChI is InChI=1S/C24H17FO8/c1-5-21(26)30-17-10-9-14(11-18(17)31-22(27)6-2)15-12-19(32-23(28)7-3)20(13-16(15)25)33-24(29)8-4/h5-13H,1-4H2. The van der Waals surface area contributed by atoms with E-state index in [-0.39, 0.29) is 34.1 Å². The molecular formula is C24H17FO8. The van der Waals surface area contributed by atoms with Crippen molar-refractivity contribution >= 4 is 23.9 Å². The zero-order valence-electron chi connectivity index (χ0n) is 17.2. The monoisotopic (exact) mass is 452 g/mol. The van der Waals surface area contributed by atoms with Crippen LogP contribution in [0.25, 0.3) is 11.1 Å². The Bertz CT molecular complexity index is 1180. The van der Waals surface area contributed by atoms with Crippen LogP contribution in [-0.2, 0) is 19.2 Å². The molecule has 0 bridgehead atoms. The number of ether oxygens (including phenoxy) is 4. The highest BCUT2D eigenvalue weighted by molar-refractivity contribution is 5.88. The predicted octanol–water partition coefficient (Wildman–Crippen LogP) is 3.86. The number of benzene rings is 2. The third-order valence-corrected chi connectivity index (χ3v) is 3.80. The van der Waals surface area contributed by atoms with E-state index in [0.29, 0.717) is 0 Å². The minimum absolute atomic E-state index is 0.127. The fourth-order valence-corrected chi connectivity index (χ4v) is 2.36. The van der Waals surface area contributed by atoms with Crippen molar-refractivity contribution in [1.82, 2.24) is 0 Å². The summed E-state index contributed by atoms with van der Waals surface area (Å²) in [6.45, 7) is 13.1. The van der Waals surface area contributed by atoms with E-state index in [1.807, 2.05) is 0 Å². The minimum Gasteiger partial charge on any atom is -0.419 e. The lowest BCUT2D eigenvalue weighted by Crippen LogP contribution is -2.10. The summed E-state index contributed by atoms with van der Waals surface area (Å²) in [6, 6.07) is 5.72. The smallest absolute Gasteiger partial charge is 0.335 e. The maximum atomic E-state index is 14.9. The molecule has 0 atom stereocenters. The first-order valence-corrected chi connectivity index (χ1v) is 9.07. The van der Waals surface area contributed by atoms with Crippen LogP contribution in [0.1, 0.15) is 0 Å². The quantitative estimate of drug-likeness (QED) is 0.321. The van der Waals surface area contributed by atoms with Gasteiger partial charge in [0.1, 0.15) is 5.82 Å². The zero-order valence-corrected chi connectivity index (χ0v) is 17.2. The molecule has 33 heavy (non-hydrogen) atoms. The summed E-state index contributed by atoms with van der Waals surface area (Å²) in [4.78, 5) is 46.5. The maximum absolute atomic E-state index is 14.9. The number of carbonyl (C=O) groups excluding carboxylic acids is 4. The molecule has 0 spiro atoms. The van der Waals surface area contributed by atoms with Crippen LogP contribution in [0.15, 0.2) is 81.0 Å². The van der Waals surface area contributed by atoms with Crippen molar-refractivity contribution in [2.75, 3.05) is 0 Å². The molecule has 0 aliphatic carbocycles. The second-order valence-electron chi connectivity index (χ2n) is 5.94. The molecule has 2 aromatic carbocycles. The Morgan fingerprint density at radius 2 is 1.00 bits per heavy atom. The Hall–Kier alpha value is -4.79. The molecule has 0 radical (unpaired) electrons. The van der Waals surface area contributed by atoms with Gasteiger partial charge in [-0.1, -0.05) is 32.4 Å². The first-order valence-electron chi connectivity index (χ1n) is 9.07. The van der Waals surface area contributed by atoms with Crippen LogP contribution in [-0.4, -0.2) is 23.9 Å². The molecule has 0 heterocycles. The van der Waals surface area contributed by atoms with E-state index in [0.717, 1.165) is 36.4 Å². The molecule has 2 aromatic rings. The molecule has 2 rings (SSSR count). The SMILES string of the molecule is C=CC(=O)Oc1ccc(-c2cc(OC(=O)C=C)c(OC(=O)C=C)cc2F)cc1OC(=O)C=C. The molecular weight excluding hydrogens is 435 g/mol. The van der Waals surface area contributed by atoms with E-state index in [1.54, 1.807) is 0 Å². The van der Waals surface area contributed by atoms with Gasteiger partial charge in [0, 0.05) is 35.9 Å². The number of halogens is 1. The predicted molar refractivity (Wildman–Crippen MR) is 115 cm³/mol. The lowest BCUT2D eigenvalue weighted by molar-refractivity contribution is -0.131. The van der Waals surface area contributed by atoms with Crippen LogP contribution in [0, 0.1) is 5.82 Å². The zero-order chi connectivity index (χ0) is 24.5. The van der Waals surface area contributed by atoms with Gasteiger partial charge in [-0.15, -0.1) is 0 Å². The van der Waals surface area contributed by atoms with Gasteiger partial charge in [-0.05, 0) is 23.8 Å². The number of rotatable bonds is 9. The molecule has 0 aliphatic heterocycles. The first-order chi connectivity index (χ1) is 15.7. The molecule has 0 unspecified atom stereocenters. The summed E-state index contributed by atoms with van der Waals surface area (Å²) in [5, 5.41) is 0. The van der Waals surface area contributed by atoms with E-state index in [1.165, 1.54) is 18.2 Å². The normalized spacial score (nSPS) is 9.73. The van der Waals surface area contributed by atoms with Crippen molar-refractivity contribution in [3.8, 4) is 34.1 Å². The summed E-state index contributed by atoms with van der Waals surface area (Å²) in [6.07, 6.45) is 3.48.